The van der Waals surface area contributed by atoms with Gasteiger partial charge in [-0.25, -0.2) is 0 Å². The van der Waals surface area contributed by atoms with Gasteiger partial charge < -0.3 is 5.32 Å². The summed E-state index contributed by atoms with van der Waals surface area (Å²) in [5.74, 6) is 0.861. The van der Waals surface area contributed by atoms with Gasteiger partial charge in [0.15, 0.2) is 0 Å². The van der Waals surface area contributed by atoms with E-state index in [-0.39, 0.29) is 0 Å². The van der Waals surface area contributed by atoms with E-state index in [0.29, 0.717) is 0 Å². The van der Waals surface area contributed by atoms with E-state index in [1.807, 2.05) is 0 Å². The first kappa shape index (κ1) is 14.5. The number of hydrogen-bond acceptors (Lipinski definition) is 1. The van der Waals surface area contributed by atoms with Gasteiger partial charge in [-0.05, 0) is 12.3 Å². The lowest BCUT2D eigenvalue weighted by atomic mass is 10.0. The Labute approximate surface area is 94.8 Å². The number of amides is 1. The van der Waals surface area contributed by atoms with E-state index in [4.69, 9.17) is 0 Å². The Morgan fingerprint density at radius 2 is 1.47 bits per heavy atom. The van der Waals surface area contributed by atoms with Crippen molar-refractivity contribution in [2.75, 3.05) is 6.54 Å². The molecule has 1 N–H and O–H groups in total. The van der Waals surface area contributed by atoms with Gasteiger partial charge in [0.2, 0.25) is 6.41 Å². The molecule has 0 aromatic rings. The highest BCUT2D eigenvalue weighted by Gasteiger charge is 1.94. The molecule has 2 nitrogen and oxygen atoms in total. The molecule has 0 bridgehead atoms. The molecule has 90 valence electrons. The van der Waals surface area contributed by atoms with Crippen molar-refractivity contribution in [2.24, 2.45) is 5.92 Å². The molecule has 0 heterocycles. The van der Waals surface area contributed by atoms with Crippen LogP contribution in [0.1, 0.15) is 65.2 Å². The lowest BCUT2D eigenvalue weighted by Gasteiger charge is -2.04. The molecule has 0 aliphatic heterocycles. The number of hydrogen-bond donors (Lipinski definition) is 1. The van der Waals surface area contributed by atoms with Crippen LogP contribution < -0.4 is 5.32 Å². The Kier molecular flexibility index (Phi) is 11.1. The van der Waals surface area contributed by atoms with E-state index < -0.39 is 0 Å². The van der Waals surface area contributed by atoms with Crippen molar-refractivity contribution in [2.45, 2.75) is 65.2 Å². The van der Waals surface area contributed by atoms with Crippen LogP contribution in [-0.4, -0.2) is 13.0 Å². The maximum absolute atomic E-state index is 9.96. The third-order valence-corrected chi connectivity index (χ3v) is 2.69. The molecular weight excluding hydrogens is 186 g/mol. The van der Waals surface area contributed by atoms with Gasteiger partial charge in [-0.15, -0.1) is 0 Å². The molecule has 0 atom stereocenters. The fourth-order valence-electron chi connectivity index (χ4n) is 1.72. The maximum Gasteiger partial charge on any atom is 0.207 e. The molecule has 0 aliphatic carbocycles. The number of nitrogens with one attached hydrogen (secondary N) is 1. The summed E-state index contributed by atoms with van der Waals surface area (Å²) in [5, 5.41) is 2.69. The zero-order valence-corrected chi connectivity index (χ0v) is 10.4. The summed E-state index contributed by atoms with van der Waals surface area (Å²) in [6.07, 6.45) is 11.4. The monoisotopic (exact) mass is 213 g/mol. The van der Waals surface area contributed by atoms with Gasteiger partial charge >= 0.3 is 0 Å². The Morgan fingerprint density at radius 3 is 2.00 bits per heavy atom. The van der Waals surface area contributed by atoms with E-state index in [2.05, 4.69) is 19.2 Å². The van der Waals surface area contributed by atoms with Crippen molar-refractivity contribution >= 4 is 6.41 Å². The van der Waals surface area contributed by atoms with Crippen LogP contribution >= 0.6 is 0 Å². The standard InChI is InChI=1S/C13H27NO/c1-13(2)10-8-6-4-3-5-7-9-11-14-12-15/h12-13H,3-11H2,1-2H3,(H,14,15). The van der Waals surface area contributed by atoms with Crippen molar-refractivity contribution in [1.29, 1.82) is 0 Å². The van der Waals surface area contributed by atoms with Gasteiger partial charge in [-0.1, -0.05) is 58.8 Å². The van der Waals surface area contributed by atoms with E-state index in [0.717, 1.165) is 25.3 Å². The van der Waals surface area contributed by atoms with Crippen molar-refractivity contribution < 1.29 is 4.79 Å². The summed E-state index contributed by atoms with van der Waals surface area (Å²) < 4.78 is 0. The van der Waals surface area contributed by atoms with Crippen LogP contribution in [-0.2, 0) is 4.79 Å². The largest absolute Gasteiger partial charge is 0.359 e. The normalized spacial score (nSPS) is 10.6. The van der Waals surface area contributed by atoms with E-state index in [1.54, 1.807) is 0 Å². The Balaban J connectivity index is 2.89. The number of carbonyl (C=O) groups excluding carboxylic acids is 1. The highest BCUT2D eigenvalue weighted by molar-refractivity contribution is 5.45. The molecule has 1 amide bonds. The first-order valence-electron chi connectivity index (χ1n) is 6.44. The van der Waals surface area contributed by atoms with Crippen LogP contribution in [0, 0.1) is 5.92 Å². The van der Waals surface area contributed by atoms with Crippen molar-refractivity contribution in [3.05, 3.63) is 0 Å². The average molecular weight is 213 g/mol. The third kappa shape index (κ3) is 13.5. The predicted molar refractivity (Wildman–Crippen MR) is 65.8 cm³/mol. The van der Waals surface area contributed by atoms with Gasteiger partial charge in [-0.3, -0.25) is 4.79 Å². The molecular formula is C13H27NO. The SMILES string of the molecule is CC(C)CCCCCCCCCNC=O. The Hall–Kier alpha value is -0.530. The second kappa shape index (κ2) is 11.5. The quantitative estimate of drug-likeness (QED) is 0.413. The van der Waals surface area contributed by atoms with E-state index in [1.165, 1.54) is 44.9 Å². The first-order chi connectivity index (χ1) is 7.27. The number of rotatable bonds is 11. The molecule has 0 aliphatic rings. The molecule has 15 heavy (non-hydrogen) atoms. The Bertz CT molecular complexity index is 134. The lowest BCUT2D eigenvalue weighted by Crippen LogP contribution is -2.11. The zero-order chi connectivity index (χ0) is 11.4. The minimum atomic E-state index is 0.784. The van der Waals surface area contributed by atoms with Crippen LogP contribution in [0.5, 0.6) is 0 Å². The molecule has 2 heteroatoms. The first-order valence-corrected chi connectivity index (χ1v) is 6.44. The minimum Gasteiger partial charge on any atom is -0.359 e. The Morgan fingerprint density at radius 1 is 0.933 bits per heavy atom. The van der Waals surface area contributed by atoms with Gasteiger partial charge in [-0.2, -0.15) is 0 Å². The predicted octanol–water partition coefficient (Wildman–Crippen LogP) is 3.51. The van der Waals surface area contributed by atoms with Crippen LogP contribution in [0.25, 0.3) is 0 Å². The lowest BCUT2D eigenvalue weighted by molar-refractivity contribution is -0.109. The zero-order valence-electron chi connectivity index (χ0n) is 10.4. The molecule has 0 rings (SSSR count). The number of unbranched alkanes of at least 4 members (excludes halogenated alkanes) is 6. The summed E-state index contributed by atoms with van der Waals surface area (Å²) in [6.45, 7) is 5.43. The third-order valence-electron chi connectivity index (χ3n) is 2.69. The summed E-state index contributed by atoms with van der Waals surface area (Å²) in [6, 6.07) is 0. The van der Waals surface area contributed by atoms with Crippen LogP contribution in [0.15, 0.2) is 0 Å². The smallest absolute Gasteiger partial charge is 0.207 e. The molecule has 0 aromatic carbocycles. The van der Waals surface area contributed by atoms with Gasteiger partial charge in [0, 0.05) is 6.54 Å². The maximum atomic E-state index is 9.96. The average Bonchev–Trinajstić information content (AvgIpc) is 2.20. The summed E-state index contributed by atoms with van der Waals surface area (Å²) >= 11 is 0. The van der Waals surface area contributed by atoms with Crippen LogP contribution in [0.4, 0.5) is 0 Å². The molecule has 0 spiro atoms. The fourth-order valence-corrected chi connectivity index (χ4v) is 1.72. The van der Waals surface area contributed by atoms with Gasteiger partial charge in [0.1, 0.15) is 0 Å². The topological polar surface area (TPSA) is 29.1 Å². The molecule has 0 aromatic heterocycles. The van der Waals surface area contributed by atoms with Crippen LogP contribution in [0.3, 0.4) is 0 Å². The summed E-state index contributed by atoms with van der Waals surface area (Å²) in [5.41, 5.74) is 0. The van der Waals surface area contributed by atoms with E-state index >= 15 is 0 Å². The van der Waals surface area contributed by atoms with Crippen molar-refractivity contribution in [1.82, 2.24) is 5.32 Å². The van der Waals surface area contributed by atoms with Gasteiger partial charge in [0.25, 0.3) is 0 Å². The highest BCUT2D eigenvalue weighted by atomic mass is 16.1. The van der Waals surface area contributed by atoms with Crippen LogP contribution in [0.2, 0.25) is 0 Å². The molecule has 0 fully saturated rings. The van der Waals surface area contributed by atoms with Gasteiger partial charge in [0.05, 0.1) is 0 Å². The highest BCUT2D eigenvalue weighted by Crippen LogP contribution is 2.11. The second-order valence-electron chi connectivity index (χ2n) is 4.73. The molecule has 0 saturated carbocycles. The van der Waals surface area contributed by atoms with Crippen molar-refractivity contribution in [3.8, 4) is 0 Å². The summed E-state index contributed by atoms with van der Waals surface area (Å²) in [4.78, 5) is 9.96. The minimum absolute atomic E-state index is 0.784. The molecule has 0 unspecified atom stereocenters. The van der Waals surface area contributed by atoms with E-state index in [9.17, 15) is 4.79 Å². The second-order valence-corrected chi connectivity index (χ2v) is 4.73. The molecule has 0 saturated heterocycles. The van der Waals surface area contributed by atoms with Crippen molar-refractivity contribution in [3.63, 3.8) is 0 Å². The molecule has 0 radical (unpaired) electrons. The fraction of sp³-hybridized carbons (Fsp3) is 0.923. The summed E-state index contributed by atoms with van der Waals surface area (Å²) in [7, 11) is 0. The number of carbonyl (C=O) groups is 1.